The molecule has 2 heterocycles. The average molecular weight is 440 g/mol. The highest BCUT2D eigenvalue weighted by molar-refractivity contribution is 8.01. The number of para-hydroxylation sites is 1. The van der Waals surface area contributed by atoms with Gasteiger partial charge in [-0.1, -0.05) is 71.6 Å². The number of fused-ring (bicyclic) bond motifs is 1. The number of quaternary nitrogens is 1. The minimum Gasteiger partial charge on any atom is -0.348 e. The van der Waals surface area contributed by atoms with E-state index in [9.17, 15) is 4.79 Å². The van der Waals surface area contributed by atoms with Crippen LogP contribution in [0.15, 0.2) is 52.9 Å². The number of benzene rings is 2. The Morgan fingerprint density at radius 3 is 2.60 bits per heavy atom. The summed E-state index contributed by atoms with van der Waals surface area (Å²) in [7, 11) is 0. The second-order valence-electron chi connectivity index (χ2n) is 7.11. The molecule has 0 aliphatic heterocycles. The molecule has 4 rings (SSSR count). The van der Waals surface area contributed by atoms with Gasteiger partial charge in [0, 0.05) is 12.1 Å². The molecule has 0 spiro atoms. The van der Waals surface area contributed by atoms with Crippen molar-refractivity contribution in [3.63, 3.8) is 0 Å². The van der Waals surface area contributed by atoms with Crippen LogP contribution >= 0.6 is 23.1 Å². The molecule has 7 nitrogen and oxygen atoms in total. The Morgan fingerprint density at radius 1 is 1.13 bits per heavy atom. The standard InChI is InChI=1S/C21H22N6OS2/c1-13-7-6-8-14(2)18(13)23-17(28)12-29-21-26-27-19(24-25-20(27)30-21)16(22)11-15-9-4-3-5-10-15/h3-10,16H,11-12,22H2,1-2H3,(H,23,28)/p+1/t16-/m0/s1. The topological polar surface area (TPSA) is 99.8 Å². The van der Waals surface area contributed by atoms with Crippen LogP contribution in [-0.2, 0) is 11.2 Å². The number of nitrogens with zero attached hydrogens (tertiary/aromatic N) is 4. The molecule has 154 valence electrons. The summed E-state index contributed by atoms with van der Waals surface area (Å²) in [5.41, 5.74) is 8.42. The Bertz CT molecular complexity index is 1150. The van der Waals surface area contributed by atoms with Crippen molar-refractivity contribution in [2.24, 2.45) is 0 Å². The molecule has 0 saturated carbocycles. The van der Waals surface area contributed by atoms with E-state index in [4.69, 9.17) is 0 Å². The number of hydrogen-bond acceptors (Lipinski definition) is 6. The van der Waals surface area contributed by atoms with Gasteiger partial charge < -0.3 is 11.1 Å². The first-order chi connectivity index (χ1) is 14.5. The maximum absolute atomic E-state index is 12.4. The lowest BCUT2D eigenvalue weighted by molar-refractivity contribution is -0.428. The number of rotatable bonds is 7. The highest BCUT2D eigenvalue weighted by Crippen LogP contribution is 2.26. The maximum atomic E-state index is 12.4. The zero-order valence-electron chi connectivity index (χ0n) is 16.8. The van der Waals surface area contributed by atoms with E-state index in [0.717, 1.165) is 33.4 Å². The summed E-state index contributed by atoms with van der Waals surface area (Å²) >= 11 is 2.83. The van der Waals surface area contributed by atoms with Crippen molar-refractivity contribution in [2.45, 2.75) is 30.6 Å². The predicted octanol–water partition coefficient (Wildman–Crippen LogP) is 3.06. The number of nitrogens with one attached hydrogen (secondary N) is 1. The van der Waals surface area contributed by atoms with Gasteiger partial charge in [-0.25, -0.2) is 0 Å². The number of anilines is 1. The van der Waals surface area contributed by atoms with Gasteiger partial charge >= 0.3 is 0 Å². The monoisotopic (exact) mass is 439 g/mol. The van der Waals surface area contributed by atoms with Gasteiger partial charge in [0.15, 0.2) is 10.4 Å². The Kier molecular flexibility index (Phi) is 6.12. The largest absolute Gasteiger partial charge is 0.348 e. The Labute approximate surface area is 182 Å². The van der Waals surface area contributed by atoms with Crippen LogP contribution in [0.1, 0.15) is 28.6 Å². The van der Waals surface area contributed by atoms with Crippen molar-refractivity contribution >= 4 is 39.7 Å². The second kappa shape index (κ2) is 8.95. The lowest BCUT2D eigenvalue weighted by atomic mass is 10.1. The molecule has 9 heteroatoms. The van der Waals surface area contributed by atoms with Crippen molar-refractivity contribution in [1.29, 1.82) is 0 Å². The second-order valence-corrected chi connectivity index (χ2v) is 9.29. The van der Waals surface area contributed by atoms with Crippen LogP contribution in [-0.4, -0.2) is 31.5 Å². The summed E-state index contributed by atoms with van der Waals surface area (Å²) in [4.78, 5) is 13.1. The molecule has 1 amide bonds. The van der Waals surface area contributed by atoms with Crippen molar-refractivity contribution in [3.05, 3.63) is 71.0 Å². The number of aryl methyl sites for hydroxylation is 2. The summed E-state index contributed by atoms with van der Waals surface area (Å²) in [6.45, 7) is 3.98. The SMILES string of the molecule is Cc1cccc(C)c1NC(=O)CSc1nn2c([C@@H]([NH3+])Cc3ccccc3)nnc2s1. The van der Waals surface area contributed by atoms with Crippen LogP contribution in [0.4, 0.5) is 5.69 Å². The van der Waals surface area contributed by atoms with Crippen molar-refractivity contribution < 1.29 is 10.5 Å². The third-order valence-electron chi connectivity index (χ3n) is 4.76. The Hall–Kier alpha value is -2.75. The zero-order valence-corrected chi connectivity index (χ0v) is 18.5. The zero-order chi connectivity index (χ0) is 21.1. The summed E-state index contributed by atoms with van der Waals surface area (Å²) in [6.07, 6.45) is 0.764. The summed E-state index contributed by atoms with van der Waals surface area (Å²) < 4.78 is 2.53. The molecule has 4 aromatic rings. The van der Waals surface area contributed by atoms with E-state index >= 15 is 0 Å². The number of carbonyl (C=O) groups is 1. The number of hydrogen-bond donors (Lipinski definition) is 2. The number of amides is 1. The van der Waals surface area contributed by atoms with Gasteiger partial charge in [-0.2, -0.15) is 4.52 Å². The average Bonchev–Trinajstić information content (AvgIpc) is 3.30. The van der Waals surface area contributed by atoms with Gasteiger partial charge in [0.25, 0.3) is 0 Å². The highest BCUT2D eigenvalue weighted by Gasteiger charge is 2.21. The lowest BCUT2D eigenvalue weighted by Gasteiger charge is -2.10. The molecular weight excluding hydrogens is 416 g/mol. The maximum Gasteiger partial charge on any atom is 0.235 e. The smallest absolute Gasteiger partial charge is 0.235 e. The molecule has 0 bridgehead atoms. The van der Waals surface area contributed by atoms with Gasteiger partial charge in [0.2, 0.25) is 16.7 Å². The third kappa shape index (κ3) is 4.53. The number of aromatic nitrogens is 4. The van der Waals surface area contributed by atoms with E-state index in [1.54, 1.807) is 4.52 Å². The van der Waals surface area contributed by atoms with Crippen LogP contribution < -0.4 is 11.1 Å². The van der Waals surface area contributed by atoms with Crippen molar-refractivity contribution in [3.8, 4) is 0 Å². The van der Waals surface area contributed by atoms with E-state index in [0.29, 0.717) is 4.96 Å². The van der Waals surface area contributed by atoms with Crippen LogP contribution in [0.5, 0.6) is 0 Å². The molecule has 2 aromatic carbocycles. The molecular formula is C21H23N6OS2+. The van der Waals surface area contributed by atoms with Gasteiger partial charge in [0.05, 0.1) is 5.75 Å². The molecule has 1 atom stereocenters. The Balaban J connectivity index is 1.41. The first kappa shape index (κ1) is 20.5. The third-order valence-corrected chi connectivity index (χ3v) is 6.79. The molecule has 0 aliphatic rings. The van der Waals surface area contributed by atoms with Crippen molar-refractivity contribution in [1.82, 2.24) is 19.8 Å². The molecule has 0 fully saturated rings. The van der Waals surface area contributed by atoms with E-state index < -0.39 is 0 Å². The first-order valence-corrected chi connectivity index (χ1v) is 11.4. The van der Waals surface area contributed by atoms with Gasteiger partial charge in [-0.05, 0) is 30.5 Å². The number of carbonyl (C=O) groups excluding carboxylic acids is 1. The van der Waals surface area contributed by atoms with Crippen molar-refractivity contribution in [2.75, 3.05) is 11.1 Å². The summed E-state index contributed by atoms with van der Waals surface area (Å²) in [6, 6.07) is 16.1. The fourth-order valence-corrected chi connectivity index (χ4v) is 4.92. The quantitative estimate of drug-likeness (QED) is 0.431. The normalized spacial score (nSPS) is 12.2. The number of thioether (sulfide) groups is 1. The van der Waals surface area contributed by atoms with Gasteiger partial charge in [-0.15, -0.1) is 15.3 Å². The van der Waals surface area contributed by atoms with Crippen LogP contribution in [0.25, 0.3) is 4.96 Å². The van der Waals surface area contributed by atoms with Crippen LogP contribution in [0, 0.1) is 13.8 Å². The van der Waals surface area contributed by atoms with Crippen LogP contribution in [0.3, 0.4) is 0 Å². The molecule has 4 N–H and O–H groups in total. The molecule has 0 radical (unpaired) electrons. The van der Waals surface area contributed by atoms with Gasteiger partial charge in [-0.3, -0.25) is 4.79 Å². The summed E-state index contributed by atoms with van der Waals surface area (Å²) in [5, 5.41) is 16.1. The molecule has 30 heavy (non-hydrogen) atoms. The Morgan fingerprint density at radius 2 is 1.87 bits per heavy atom. The van der Waals surface area contributed by atoms with Gasteiger partial charge in [0.1, 0.15) is 0 Å². The lowest BCUT2D eigenvalue weighted by Crippen LogP contribution is -2.55. The van der Waals surface area contributed by atoms with E-state index in [1.807, 2.05) is 50.2 Å². The fourth-order valence-electron chi connectivity index (χ4n) is 3.23. The molecule has 0 unspecified atom stereocenters. The molecule has 0 aliphatic carbocycles. The van der Waals surface area contributed by atoms with E-state index in [-0.39, 0.29) is 17.7 Å². The minimum absolute atomic E-state index is 0.0531. The minimum atomic E-state index is -0.0605. The fraction of sp³-hybridized carbons (Fsp3) is 0.238. The van der Waals surface area contributed by atoms with Crippen LogP contribution in [0.2, 0.25) is 0 Å². The highest BCUT2D eigenvalue weighted by atomic mass is 32.2. The summed E-state index contributed by atoms with van der Waals surface area (Å²) in [5.74, 6) is 0.963. The molecule has 0 saturated heterocycles. The van der Waals surface area contributed by atoms with E-state index in [2.05, 4.69) is 38.5 Å². The molecule has 2 aromatic heterocycles. The predicted molar refractivity (Wildman–Crippen MR) is 120 cm³/mol. The van der Waals surface area contributed by atoms with E-state index in [1.165, 1.54) is 28.7 Å². The first-order valence-electron chi connectivity index (χ1n) is 9.59.